The molecule has 0 aliphatic carbocycles. The monoisotopic (exact) mass is 589 g/mol. The van der Waals surface area contributed by atoms with Gasteiger partial charge in [0.1, 0.15) is 30.5 Å². The van der Waals surface area contributed by atoms with Crippen LogP contribution in [-0.4, -0.2) is 97.6 Å². The molecule has 1 saturated heterocycles. The van der Waals surface area contributed by atoms with E-state index in [2.05, 4.69) is 16.0 Å². The Bertz CT molecular complexity index is 1290. The quantitative estimate of drug-likeness (QED) is 0.131. The van der Waals surface area contributed by atoms with Crippen molar-refractivity contribution in [2.75, 3.05) is 18.1 Å². The van der Waals surface area contributed by atoms with E-state index in [0.29, 0.717) is 0 Å². The van der Waals surface area contributed by atoms with E-state index in [1.807, 2.05) is 0 Å². The zero-order chi connectivity index (χ0) is 28.7. The molecule has 7 N–H and O–H groups in total. The number of carbonyl (C=O) groups is 2. The van der Waals surface area contributed by atoms with Gasteiger partial charge in [0.25, 0.3) is 0 Å². The van der Waals surface area contributed by atoms with Gasteiger partial charge in [-0.05, 0) is 25.0 Å². The first-order valence-corrected chi connectivity index (χ1v) is 14.4. The number of nitrogens with zero attached hydrogens (tertiary/aromatic N) is 4. The molecule has 2 heterocycles. The number of hydrazine groups is 1. The van der Waals surface area contributed by atoms with Crippen molar-refractivity contribution in [3.8, 4) is 0 Å². The highest BCUT2D eigenvalue weighted by Crippen LogP contribution is 2.28. The molecule has 0 unspecified atom stereocenters. The number of aliphatic carboxylic acids is 1. The molecule has 0 spiro atoms. The van der Waals surface area contributed by atoms with E-state index in [9.17, 15) is 33.0 Å². The third-order valence-corrected chi connectivity index (χ3v) is 9.03. The Morgan fingerprint density at radius 3 is 2.62 bits per heavy atom. The number of rotatable bonds is 13. The molecule has 0 saturated carbocycles. The van der Waals surface area contributed by atoms with Gasteiger partial charge in [0.2, 0.25) is 0 Å². The van der Waals surface area contributed by atoms with E-state index < -0.39 is 69.7 Å². The molecule has 1 fully saturated rings. The van der Waals surface area contributed by atoms with Crippen molar-refractivity contribution in [1.29, 1.82) is 0 Å². The number of carbonyl (C=O) groups excluding carboxylic acids is 1. The summed E-state index contributed by atoms with van der Waals surface area (Å²) in [6.07, 6.45) is -1.76. The first kappa shape index (κ1) is 30.7. The Labute approximate surface area is 227 Å². The molecule has 1 aromatic heterocycles. The van der Waals surface area contributed by atoms with Crippen molar-refractivity contribution in [3.63, 3.8) is 0 Å². The minimum atomic E-state index is -3.87. The van der Waals surface area contributed by atoms with Crippen molar-refractivity contribution < 1.29 is 38.2 Å². The maximum absolute atomic E-state index is 13.1. The lowest BCUT2D eigenvalue weighted by Crippen LogP contribution is -2.57. The van der Waals surface area contributed by atoms with Gasteiger partial charge in [-0.3, -0.25) is 9.36 Å². The van der Waals surface area contributed by atoms with Gasteiger partial charge in [-0.2, -0.15) is 9.78 Å². The average molecular weight is 590 g/mol. The topological polar surface area (TPSA) is 231 Å². The Hall–Kier alpha value is -2.84. The maximum Gasteiger partial charge on any atom is 0.346 e. The minimum absolute atomic E-state index is 0.0562. The van der Waals surface area contributed by atoms with Crippen molar-refractivity contribution >= 4 is 33.5 Å². The molecule has 18 heteroatoms. The van der Waals surface area contributed by atoms with Crippen LogP contribution in [0.5, 0.6) is 0 Å². The highest BCUT2D eigenvalue weighted by atomic mass is 32.2. The number of benzene rings is 1. The lowest BCUT2D eigenvalue weighted by molar-refractivity contribution is -0.155. The first-order chi connectivity index (χ1) is 18.4. The third-order valence-electron chi connectivity index (χ3n) is 5.78. The number of nitrogens with one attached hydrogen (secondary N) is 2. The lowest BCUT2D eigenvalue weighted by Gasteiger charge is -2.33. The second kappa shape index (κ2) is 13.5. The number of aryl methyl sites for hydroxylation is 1. The zero-order valence-corrected chi connectivity index (χ0v) is 22.5. The molecule has 216 valence electrons. The summed E-state index contributed by atoms with van der Waals surface area (Å²) in [6.45, 7) is -0.437. The van der Waals surface area contributed by atoms with Crippen molar-refractivity contribution in [2.24, 2.45) is 12.8 Å². The van der Waals surface area contributed by atoms with E-state index in [-0.39, 0.29) is 23.5 Å². The van der Waals surface area contributed by atoms with Gasteiger partial charge < -0.3 is 25.9 Å². The van der Waals surface area contributed by atoms with Gasteiger partial charge in [0.15, 0.2) is 16.1 Å². The number of aromatic nitrogens is 3. The van der Waals surface area contributed by atoms with Crippen LogP contribution < -0.4 is 22.3 Å². The normalized spacial score (nSPS) is 21.1. The smallest absolute Gasteiger partial charge is 0.346 e. The van der Waals surface area contributed by atoms with Crippen LogP contribution in [0.1, 0.15) is 18.2 Å². The fourth-order valence-electron chi connectivity index (χ4n) is 3.60. The Morgan fingerprint density at radius 1 is 1.31 bits per heavy atom. The van der Waals surface area contributed by atoms with Crippen LogP contribution in [0.3, 0.4) is 0 Å². The Morgan fingerprint density at radius 2 is 2.00 bits per heavy atom. The van der Waals surface area contributed by atoms with Crippen LogP contribution >= 0.6 is 11.8 Å². The van der Waals surface area contributed by atoms with Crippen LogP contribution in [0.25, 0.3) is 0 Å². The number of nitrogens with two attached hydrogens (primary N) is 1. The molecular weight excluding hydrogens is 558 g/mol. The van der Waals surface area contributed by atoms with Crippen LogP contribution in [0.15, 0.2) is 46.3 Å². The molecule has 3 rings (SSSR count). The van der Waals surface area contributed by atoms with Crippen molar-refractivity contribution in [1.82, 2.24) is 30.3 Å². The molecule has 0 radical (unpaired) electrons. The summed E-state index contributed by atoms with van der Waals surface area (Å²) in [7, 11) is -2.41. The minimum Gasteiger partial charge on any atom is -0.480 e. The van der Waals surface area contributed by atoms with Gasteiger partial charge >= 0.3 is 17.6 Å². The van der Waals surface area contributed by atoms with Crippen LogP contribution in [0.2, 0.25) is 0 Å². The van der Waals surface area contributed by atoms with E-state index in [1.165, 1.54) is 35.1 Å². The summed E-state index contributed by atoms with van der Waals surface area (Å²) in [6, 6.07) is 5.48. The standard InChI is InChI=1S/C21H31N7O9S2/c1-26-12-23-28(21(26)34)17(11-39(35,36)13-5-3-2-4-6-13)38-10-15-19(31)25-37-18(30)9-27(15)24-16(29)8-7-14(22)20(32)33/h2-6,12,14-17,19,24-25,29,31H,7-11,22H2,1H3,(H,32,33)/t14-,15-,16-,17+,19+/m0/s1. The van der Waals surface area contributed by atoms with Crippen LogP contribution in [0, 0.1) is 0 Å². The average Bonchev–Trinajstić information content (AvgIpc) is 3.16. The molecule has 16 nitrogen and oxygen atoms in total. The number of sulfone groups is 1. The number of carboxylic acid groups (broad SMARTS) is 1. The summed E-state index contributed by atoms with van der Waals surface area (Å²) in [5, 5.41) is 34.1. The molecule has 39 heavy (non-hydrogen) atoms. The summed E-state index contributed by atoms with van der Waals surface area (Å²) in [5.74, 6) is -2.62. The number of hydrogen-bond acceptors (Lipinski definition) is 14. The molecule has 1 aromatic carbocycles. The number of aliphatic hydroxyl groups excluding tert-OH is 2. The number of aliphatic hydroxyl groups is 2. The number of hydroxylamine groups is 1. The van der Waals surface area contributed by atoms with E-state index in [0.717, 1.165) is 16.4 Å². The highest BCUT2D eigenvalue weighted by molar-refractivity contribution is 8.00. The molecule has 5 atom stereocenters. The molecule has 1 aliphatic rings. The highest BCUT2D eigenvalue weighted by Gasteiger charge is 2.36. The Kier molecular flexibility index (Phi) is 10.6. The second-order valence-electron chi connectivity index (χ2n) is 8.75. The lowest BCUT2D eigenvalue weighted by atomic mass is 10.1. The van der Waals surface area contributed by atoms with E-state index >= 15 is 0 Å². The van der Waals surface area contributed by atoms with Crippen molar-refractivity contribution in [2.45, 2.75) is 47.7 Å². The summed E-state index contributed by atoms with van der Waals surface area (Å²) in [4.78, 5) is 40.5. The summed E-state index contributed by atoms with van der Waals surface area (Å²) >= 11 is 0.978. The zero-order valence-electron chi connectivity index (χ0n) is 20.9. The van der Waals surface area contributed by atoms with E-state index in [1.54, 1.807) is 18.2 Å². The predicted octanol–water partition coefficient (Wildman–Crippen LogP) is -2.65. The van der Waals surface area contributed by atoms with Gasteiger partial charge in [-0.25, -0.2) is 28.4 Å². The summed E-state index contributed by atoms with van der Waals surface area (Å²) < 4.78 is 28.5. The van der Waals surface area contributed by atoms with Crippen molar-refractivity contribution in [3.05, 3.63) is 47.1 Å². The molecule has 0 bridgehead atoms. The van der Waals surface area contributed by atoms with Gasteiger partial charge in [0.05, 0.1) is 16.7 Å². The number of hydrogen-bond donors (Lipinski definition) is 6. The summed E-state index contributed by atoms with van der Waals surface area (Å²) in [5.41, 5.74) is 9.74. The fraction of sp³-hybridized carbons (Fsp3) is 0.524. The van der Waals surface area contributed by atoms with Gasteiger partial charge in [-0.1, -0.05) is 18.2 Å². The number of carboxylic acids is 1. The van der Waals surface area contributed by atoms with Gasteiger partial charge in [0, 0.05) is 12.8 Å². The van der Waals surface area contributed by atoms with E-state index in [4.69, 9.17) is 15.7 Å². The SMILES string of the molecule is Cn1cnn([C@@H](CS(=O)(=O)c2ccccc2)SC[C@H]2[C@@H](O)NOC(=O)CN2N[C@@H](O)CC[C@H](N)C(=O)O)c1=O. The Balaban J connectivity index is 1.81. The second-order valence-corrected chi connectivity index (χ2v) is 12.0. The third kappa shape index (κ3) is 8.32. The molecule has 2 aromatic rings. The fourth-order valence-corrected chi connectivity index (χ4v) is 6.88. The number of thioether (sulfide) groups is 1. The van der Waals surface area contributed by atoms with Crippen LogP contribution in [0.4, 0.5) is 0 Å². The molecule has 1 aliphatic heterocycles. The molecule has 0 amide bonds. The van der Waals surface area contributed by atoms with Gasteiger partial charge in [-0.15, -0.1) is 17.2 Å². The molecular formula is C21H31N7O9S2. The predicted molar refractivity (Wildman–Crippen MR) is 137 cm³/mol. The largest absolute Gasteiger partial charge is 0.480 e. The van der Waals surface area contributed by atoms with Crippen LogP contribution in [-0.2, 0) is 31.3 Å². The maximum atomic E-state index is 13.1. The first-order valence-electron chi connectivity index (χ1n) is 11.7.